The number of carbonyl (C=O) groups excluding carboxylic acids is 2. The van der Waals surface area contributed by atoms with Gasteiger partial charge in [0.2, 0.25) is 5.78 Å². The molecular weight excluding hydrogens is 432 g/mol. The van der Waals surface area contributed by atoms with Crippen LogP contribution in [0.4, 0.5) is 0 Å². The first-order chi connectivity index (χ1) is 16.4. The summed E-state index contributed by atoms with van der Waals surface area (Å²) in [4.78, 5) is 29.2. The fraction of sp³-hybridized carbons (Fsp3) is 0.407. The summed E-state index contributed by atoms with van der Waals surface area (Å²) in [7, 11) is 1.55. The average molecular weight is 465 g/mol. The van der Waals surface area contributed by atoms with Gasteiger partial charge in [-0.1, -0.05) is 56.0 Å². The summed E-state index contributed by atoms with van der Waals surface area (Å²) in [5.41, 5.74) is 2.31. The Morgan fingerprint density at radius 2 is 1.74 bits per heavy atom. The number of nitrogens with zero attached hydrogens (tertiary/aromatic N) is 1. The van der Waals surface area contributed by atoms with Gasteiger partial charge in [-0.2, -0.15) is 0 Å². The van der Waals surface area contributed by atoms with Gasteiger partial charge in [0.1, 0.15) is 18.8 Å². The molecule has 2 aromatic rings. The molecule has 7 nitrogen and oxygen atoms in total. The first-order valence-corrected chi connectivity index (χ1v) is 11.8. The van der Waals surface area contributed by atoms with Crippen LogP contribution < -0.4 is 14.7 Å². The van der Waals surface area contributed by atoms with Crippen molar-refractivity contribution >= 4 is 17.4 Å². The number of rotatable bonds is 7. The molecule has 0 saturated carbocycles. The number of hydrogen-bond donors (Lipinski definition) is 1. The normalized spacial score (nSPS) is 20.8. The zero-order valence-corrected chi connectivity index (χ0v) is 20.0. The number of ketones is 1. The van der Waals surface area contributed by atoms with Crippen LogP contribution in [-0.4, -0.2) is 63.1 Å². The van der Waals surface area contributed by atoms with Gasteiger partial charge < -0.3 is 24.4 Å². The summed E-state index contributed by atoms with van der Waals surface area (Å²) in [6.45, 7) is 8.43. The highest BCUT2D eigenvalue weighted by atomic mass is 16.5. The van der Waals surface area contributed by atoms with Crippen LogP contribution in [0.3, 0.4) is 0 Å². The molecule has 2 fully saturated rings. The predicted molar refractivity (Wildman–Crippen MR) is 126 cm³/mol. The smallest absolute Gasteiger partial charge is 0.295 e. The van der Waals surface area contributed by atoms with Crippen LogP contribution in [0, 0.1) is 0 Å². The van der Waals surface area contributed by atoms with Crippen molar-refractivity contribution in [3.63, 3.8) is 0 Å². The molecule has 0 aromatic heterocycles. The first kappa shape index (κ1) is 24.0. The van der Waals surface area contributed by atoms with E-state index in [1.165, 1.54) is 4.90 Å². The van der Waals surface area contributed by atoms with Gasteiger partial charge in [0.25, 0.3) is 5.91 Å². The summed E-state index contributed by atoms with van der Waals surface area (Å²) < 4.78 is 10.6. The lowest BCUT2D eigenvalue weighted by Crippen LogP contribution is -3.14. The summed E-state index contributed by atoms with van der Waals surface area (Å²) >= 11 is 0. The van der Waals surface area contributed by atoms with E-state index in [1.54, 1.807) is 36.3 Å². The Labute approximate surface area is 200 Å². The van der Waals surface area contributed by atoms with Crippen molar-refractivity contribution in [1.82, 2.24) is 4.90 Å². The number of morpholine rings is 1. The van der Waals surface area contributed by atoms with Crippen molar-refractivity contribution in [3.8, 4) is 5.75 Å². The predicted octanol–water partition coefficient (Wildman–Crippen LogP) is 0.958. The molecule has 0 radical (unpaired) electrons. The second-order valence-corrected chi connectivity index (χ2v) is 9.14. The van der Waals surface area contributed by atoms with Gasteiger partial charge in [-0.3, -0.25) is 9.59 Å². The van der Waals surface area contributed by atoms with Crippen LogP contribution in [-0.2, 0) is 14.3 Å². The standard InChI is InChI=1S/C27H32N2O5/c1-18(2)19-4-6-20(7-5-19)24-23(25(30)21-8-10-22(33-3)11-9-21)26(31)27(32)29(24)13-12-28-14-16-34-17-15-28/h4-11,18,24,30H,12-17H2,1-3H3. The molecule has 4 rings (SSSR count). The molecular formula is C27H32N2O5. The lowest BCUT2D eigenvalue weighted by atomic mass is 9.93. The Balaban J connectivity index is 1.72. The zero-order chi connectivity index (χ0) is 24.2. The van der Waals surface area contributed by atoms with Gasteiger partial charge in [0, 0.05) is 5.57 Å². The molecule has 0 spiro atoms. The molecule has 1 amide bonds. The molecule has 7 heteroatoms. The first-order valence-electron chi connectivity index (χ1n) is 11.8. The van der Waals surface area contributed by atoms with E-state index in [9.17, 15) is 14.7 Å². The van der Waals surface area contributed by atoms with E-state index in [0.29, 0.717) is 43.5 Å². The van der Waals surface area contributed by atoms with E-state index in [4.69, 9.17) is 9.47 Å². The topological polar surface area (TPSA) is 83.3 Å². The quantitative estimate of drug-likeness (QED) is 0.375. The molecule has 2 saturated heterocycles. The van der Waals surface area contributed by atoms with Crippen LogP contribution in [0.5, 0.6) is 5.75 Å². The average Bonchev–Trinajstić information content (AvgIpc) is 3.12. The van der Waals surface area contributed by atoms with Gasteiger partial charge in [-0.15, -0.1) is 0 Å². The third-order valence-electron chi connectivity index (χ3n) is 6.71. The fourth-order valence-corrected chi connectivity index (χ4v) is 4.60. The number of Topliss-reactive ketones (excluding diaryl/α,β-unsaturated/α-hetero) is 1. The molecule has 2 aliphatic rings. The fourth-order valence-electron chi connectivity index (χ4n) is 4.60. The zero-order valence-electron chi connectivity index (χ0n) is 20.0. The SMILES string of the molecule is COc1ccc(C([O-])=C2C(=O)C(=O)N(CC[NH+]3CCOCC3)C2c2ccc(C(C)C)cc2)cc1. The summed E-state index contributed by atoms with van der Waals surface area (Å²) in [5.74, 6) is -0.768. The van der Waals surface area contributed by atoms with E-state index < -0.39 is 23.5 Å². The van der Waals surface area contributed by atoms with Crippen LogP contribution in [0.1, 0.15) is 42.5 Å². The summed E-state index contributed by atoms with van der Waals surface area (Å²) in [6.07, 6.45) is 0. The van der Waals surface area contributed by atoms with Crippen LogP contribution in [0.25, 0.3) is 5.76 Å². The molecule has 2 heterocycles. The summed E-state index contributed by atoms with van der Waals surface area (Å²) in [6, 6.07) is 13.8. The van der Waals surface area contributed by atoms with Gasteiger partial charge in [0.15, 0.2) is 0 Å². The van der Waals surface area contributed by atoms with E-state index in [-0.39, 0.29) is 5.57 Å². The second kappa shape index (κ2) is 10.4. The number of carbonyl (C=O) groups is 2. The number of hydrogen-bond acceptors (Lipinski definition) is 5. The van der Waals surface area contributed by atoms with Crippen LogP contribution >= 0.6 is 0 Å². The van der Waals surface area contributed by atoms with Gasteiger partial charge in [-0.25, -0.2) is 0 Å². The third kappa shape index (κ3) is 4.86. The minimum Gasteiger partial charge on any atom is -0.872 e. The van der Waals surface area contributed by atoms with Gasteiger partial charge in [-0.05, 0) is 34.7 Å². The van der Waals surface area contributed by atoms with Crippen molar-refractivity contribution < 1.29 is 29.1 Å². The highest BCUT2D eigenvalue weighted by molar-refractivity contribution is 6.46. The van der Waals surface area contributed by atoms with E-state index in [0.717, 1.165) is 24.2 Å². The molecule has 2 aliphatic heterocycles. The molecule has 34 heavy (non-hydrogen) atoms. The minimum atomic E-state index is -0.712. The number of methoxy groups -OCH3 is 1. The van der Waals surface area contributed by atoms with Crippen molar-refractivity contribution in [1.29, 1.82) is 0 Å². The number of ether oxygens (including phenoxy) is 2. The lowest BCUT2D eigenvalue weighted by molar-refractivity contribution is -0.907. The lowest BCUT2D eigenvalue weighted by Gasteiger charge is -2.30. The molecule has 0 bridgehead atoms. The maximum absolute atomic E-state index is 13.5. The Hall–Kier alpha value is -3.16. The number of quaternary nitrogens is 1. The van der Waals surface area contributed by atoms with E-state index in [2.05, 4.69) is 13.8 Å². The number of benzene rings is 2. The molecule has 1 unspecified atom stereocenters. The van der Waals surface area contributed by atoms with Crippen molar-refractivity contribution in [2.75, 3.05) is 46.5 Å². The largest absolute Gasteiger partial charge is 0.872 e. The second-order valence-electron chi connectivity index (χ2n) is 9.14. The number of nitrogens with one attached hydrogen (secondary N) is 1. The monoisotopic (exact) mass is 464 g/mol. The Kier molecular flexibility index (Phi) is 7.34. The highest BCUT2D eigenvalue weighted by Gasteiger charge is 2.44. The minimum absolute atomic E-state index is 0.0180. The maximum Gasteiger partial charge on any atom is 0.295 e. The third-order valence-corrected chi connectivity index (χ3v) is 6.71. The van der Waals surface area contributed by atoms with E-state index in [1.807, 2.05) is 24.3 Å². The van der Waals surface area contributed by atoms with E-state index >= 15 is 0 Å². The van der Waals surface area contributed by atoms with Gasteiger partial charge in [0.05, 0.1) is 39.5 Å². The molecule has 2 aromatic carbocycles. The highest BCUT2D eigenvalue weighted by Crippen LogP contribution is 2.38. The molecule has 0 aliphatic carbocycles. The van der Waals surface area contributed by atoms with Crippen molar-refractivity contribution in [2.45, 2.75) is 25.8 Å². The Bertz CT molecular complexity index is 1050. The molecule has 1 N–H and O–H groups in total. The van der Waals surface area contributed by atoms with Crippen molar-refractivity contribution in [2.24, 2.45) is 0 Å². The number of amides is 1. The molecule has 1 atom stereocenters. The maximum atomic E-state index is 13.5. The Morgan fingerprint density at radius 1 is 1.09 bits per heavy atom. The Morgan fingerprint density at radius 3 is 2.32 bits per heavy atom. The summed E-state index contributed by atoms with van der Waals surface area (Å²) in [5, 5.41) is 13.5. The number of likely N-dealkylation sites (tertiary alicyclic amines) is 1. The van der Waals surface area contributed by atoms with Gasteiger partial charge >= 0.3 is 0 Å². The molecule has 180 valence electrons. The van der Waals surface area contributed by atoms with Crippen molar-refractivity contribution in [3.05, 3.63) is 70.8 Å². The van der Waals surface area contributed by atoms with Crippen LogP contribution in [0.2, 0.25) is 0 Å². The van der Waals surface area contributed by atoms with Crippen LogP contribution in [0.15, 0.2) is 54.1 Å².